The second-order valence-corrected chi connectivity index (χ2v) is 10.7. The molecule has 140 valence electrons. The van der Waals surface area contributed by atoms with Gasteiger partial charge in [-0.05, 0) is 60.1 Å². The van der Waals surface area contributed by atoms with E-state index in [1.165, 1.54) is 34.9 Å². The van der Waals surface area contributed by atoms with Gasteiger partial charge in [-0.2, -0.15) is 14.0 Å². The molecule has 0 aromatic heterocycles. The molecule has 1 saturated heterocycles. The second-order valence-electron chi connectivity index (χ2n) is 6.47. The maximum Gasteiger partial charge on any atom is 0.179 e. The van der Waals surface area contributed by atoms with Crippen LogP contribution in [0, 0.1) is 10.2 Å². The van der Waals surface area contributed by atoms with Gasteiger partial charge >= 0.3 is 0 Å². The molecule has 26 heavy (non-hydrogen) atoms. The number of hydrogen-bond acceptors (Lipinski definition) is 6. The third kappa shape index (κ3) is 4.04. The molecule has 0 saturated carbocycles. The van der Waals surface area contributed by atoms with Crippen molar-refractivity contribution < 1.29 is 28.0 Å². The van der Waals surface area contributed by atoms with Gasteiger partial charge in [0.15, 0.2) is 9.80 Å². The van der Waals surface area contributed by atoms with Crippen molar-refractivity contribution in [3.8, 4) is 0 Å². The number of rotatable bonds is 5. The maximum atomic E-state index is 11.3. The lowest BCUT2D eigenvalue weighted by Crippen LogP contribution is -2.60. The predicted octanol–water partition coefficient (Wildman–Crippen LogP) is 1.49. The standard InChI is InChI=1S/C18H20ClNO4S2/c21-19(22,23)24-26-18(13-17(25-26)14-7-2-1-3-8-14)15-9-6-10-16(15)20-11-4-5-12-20/h1-3,7-8,13H,4-6,9-12H2. The molecule has 2 heterocycles. The van der Waals surface area contributed by atoms with Gasteiger partial charge in [0.2, 0.25) is 0 Å². The van der Waals surface area contributed by atoms with Crippen LogP contribution < -0.4 is 14.0 Å². The van der Waals surface area contributed by atoms with Crippen LogP contribution in [0.5, 0.6) is 0 Å². The highest BCUT2D eigenvalue weighted by Gasteiger charge is 2.35. The summed E-state index contributed by atoms with van der Waals surface area (Å²) in [5.41, 5.74) is 3.49. The SMILES string of the molecule is [O-][Cl+3]([O-])([O-])OS1=C(C2=C(N3CCCC3)CCC2)C=C(c2ccccc2)S1. The Balaban J connectivity index is 1.73. The normalized spacial score (nSPS) is 24.0. The first-order chi connectivity index (χ1) is 12.5. The molecule has 0 N–H and O–H groups in total. The highest BCUT2D eigenvalue weighted by atomic mass is 35.7. The number of benzene rings is 1. The molecule has 0 radical (unpaired) electrons. The van der Waals surface area contributed by atoms with E-state index in [1.807, 2.05) is 36.4 Å². The summed E-state index contributed by atoms with van der Waals surface area (Å²) in [6.07, 6.45) is 7.38. The monoisotopic (exact) mass is 413 g/mol. The van der Waals surface area contributed by atoms with E-state index in [0.29, 0.717) is 0 Å². The summed E-state index contributed by atoms with van der Waals surface area (Å²) >= 11 is 0. The topological polar surface area (TPSA) is 81.6 Å². The van der Waals surface area contributed by atoms with Crippen molar-refractivity contribution in [2.75, 3.05) is 13.1 Å². The third-order valence-corrected chi connectivity index (χ3v) is 9.25. The van der Waals surface area contributed by atoms with E-state index in [1.54, 1.807) is 0 Å². The quantitative estimate of drug-likeness (QED) is 0.537. The van der Waals surface area contributed by atoms with Crippen molar-refractivity contribution in [3.05, 3.63) is 53.2 Å². The van der Waals surface area contributed by atoms with Crippen LogP contribution >= 0.6 is 20.6 Å². The van der Waals surface area contributed by atoms with E-state index in [9.17, 15) is 14.0 Å². The van der Waals surface area contributed by atoms with Gasteiger partial charge in [-0.15, -0.1) is 0 Å². The van der Waals surface area contributed by atoms with E-state index in [2.05, 4.69) is 4.90 Å². The number of nitrogens with zero attached hydrogens (tertiary/aromatic N) is 1. The fourth-order valence-electron chi connectivity index (χ4n) is 3.69. The van der Waals surface area contributed by atoms with Crippen molar-refractivity contribution >= 4 is 30.4 Å². The van der Waals surface area contributed by atoms with Crippen molar-refractivity contribution in [2.45, 2.75) is 32.1 Å². The number of hydrogen-bond donors (Lipinski definition) is 0. The summed E-state index contributed by atoms with van der Waals surface area (Å²) in [4.78, 5) is 4.22. The van der Waals surface area contributed by atoms with Crippen LogP contribution in [0.25, 0.3) is 4.91 Å². The molecule has 5 nitrogen and oxygen atoms in total. The molecule has 1 fully saturated rings. The Morgan fingerprint density at radius 2 is 1.73 bits per heavy atom. The van der Waals surface area contributed by atoms with E-state index >= 15 is 0 Å². The summed E-state index contributed by atoms with van der Waals surface area (Å²) in [6, 6.07) is 9.80. The molecule has 1 unspecified atom stereocenters. The Morgan fingerprint density at radius 3 is 2.42 bits per heavy atom. The van der Waals surface area contributed by atoms with E-state index < -0.39 is 20.0 Å². The molecule has 1 atom stereocenters. The minimum atomic E-state index is -4.47. The zero-order valence-electron chi connectivity index (χ0n) is 14.2. The molecule has 1 aliphatic carbocycles. The van der Waals surface area contributed by atoms with E-state index in [0.717, 1.165) is 47.7 Å². The van der Waals surface area contributed by atoms with Gasteiger partial charge < -0.3 is 4.90 Å². The Hall–Kier alpha value is -0.800. The first-order valence-electron chi connectivity index (χ1n) is 8.66. The number of halogens is 1. The van der Waals surface area contributed by atoms with Crippen LogP contribution in [-0.4, -0.2) is 22.9 Å². The van der Waals surface area contributed by atoms with Crippen LogP contribution in [0.15, 0.2) is 47.7 Å². The summed E-state index contributed by atoms with van der Waals surface area (Å²) in [5, 5.41) is 0. The Morgan fingerprint density at radius 1 is 1.00 bits per heavy atom. The fraction of sp³-hybridized carbons (Fsp3) is 0.389. The van der Waals surface area contributed by atoms with Crippen LogP contribution in [0.3, 0.4) is 0 Å². The lowest BCUT2D eigenvalue weighted by atomic mass is 10.1. The number of allylic oxidation sites excluding steroid dienone is 3. The minimum Gasteiger partial charge on any atom is -0.375 e. The first-order valence-corrected chi connectivity index (χ1v) is 12.4. The molecule has 0 amide bonds. The molecule has 1 aromatic rings. The minimum absolute atomic E-state index is 0.861. The van der Waals surface area contributed by atoms with Crippen LogP contribution in [0.4, 0.5) is 0 Å². The molecule has 2 aliphatic heterocycles. The smallest absolute Gasteiger partial charge is 0.179 e. The molecule has 3 aliphatic rings. The first kappa shape index (κ1) is 18.6. The summed E-state index contributed by atoms with van der Waals surface area (Å²) in [6.45, 7) is 2.11. The van der Waals surface area contributed by atoms with Gasteiger partial charge in [-0.3, -0.25) is 0 Å². The average Bonchev–Trinajstić information content (AvgIpc) is 3.34. The highest BCUT2D eigenvalue weighted by Crippen LogP contribution is 2.53. The summed E-state index contributed by atoms with van der Waals surface area (Å²) in [7, 11) is -4.28. The van der Waals surface area contributed by atoms with Crippen molar-refractivity contribution in [3.63, 3.8) is 0 Å². The predicted molar refractivity (Wildman–Crippen MR) is 97.4 cm³/mol. The van der Waals surface area contributed by atoms with Crippen LogP contribution in [-0.2, 0) is 3.74 Å². The number of likely N-dealkylation sites (tertiary alicyclic amines) is 1. The average molecular weight is 414 g/mol. The Labute approximate surface area is 161 Å². The zero-order valence-corrected chi connectivity index (χ0v) is 16.6. The Bertz CT molecular complexity index is 780. The van der Waals surface area contributed by atoms with Gasteiger partial charge in [-0.25, -0.2) is 0 Å². The molecular weight excluding hydrogens is 394 g/mol. The molecule has 0 spiro atoms. The zero-order chi connectivity index (χ0) is 18.1. The van der Waals surface area contributed by atoms with E-state index in [4.69, 9.17) is 3.74 Å². The van der Waals surface area contributed by atoms with Crippen molar-refractivity contribution in [2.24, 2.45) is 0 Å². The van der Waals surface area contributed by atoms with Gasteiger partial charge in [0.05, 0.1) is 15.1 Å². The van der Waals surface area contributed by atoms with Crippen LogP contribution in [0.2, 0.25) is 0 Å². The van der Waals surface area contributed by atoms with Gasteiger partial charge in [0.25, 0.3) is 0 Å². The van der Waals surface area contributed by atoms with Gasteiger partial charge in [0, 0.05) is 23.7 Å². The third-order valence-electron chi connectivity index (χ3n) is 4.77. The highest BCUT2D eigenvalue weighted by molar-refractivity contribution is 8.85. The van der Waals surface area contributed by atoms with Gasteiger partial charge in [-0.1, -0.05) is 30.3 Å². The molecule has 1 aromatic carbocycles. The molecule has 4 rings (SSSR count). The molecule has 8 heteroatoms. The Kier molecular flexibility index (Phi) is 5.48. The maximum absolute atomic E-state index is 11.3. The summed E-state index contributed by atoms with van der Waals surface area (Å²) < 4.78 is 38.7. The van der Waals surface area contributed by atoms with Crippen LogP contribution in [0.1, 0.15) is 37.7 Å². The molecule has 0 bridgehead atoms. The fourth-order valence-corrected chi connectivity index (χ4v) is 8.42. The van der Waals surface area contributed by atoms with Crippen molar-refractivity contribution in [1.29, 1.82) is 0 Å². The second kappa shape index (κ2) is 7.67. The lowest BCUT2D eigenvalue weighted by molar-refractivity contribution is -1.91. The lowest BCUT2D eigenvalue weighted by Gasteiger charge is -2.21. The van der Waals surface area contributed by atoms with Crippen molar-refractivity contribution in [1.82, 2.24) is 4.90 Å². The largest absolute Gasteiger partial charge is 0.375 e. The van der Waals surface area contributed by atoms with Gasteiger partial charge in [0.1, 0.15) is 3.74 Å². The molecular formula is C18H20ClNO4S2. The van der Waals surface area contributed by atoms with E-state index in [-0.39, 0.29) is 0 Å². The summed E-state index contributed by atoms with van der Waals surface area (Å²) in [5.74, 6) is 0.